The van der Waals surface area contributed by atoms with E-state index in [9.17, 15) is 4.79 Å². The molecule has 2 aromatic rings. The van der Waals surface area contributed by atoms with Crippen LogP contribution >= 0.6 is 0 Å². The zero-order chi connectivity index (χ0) is 19.9. The Morgan fingerprint density at radius 2 is 2.07 bits per heavy atom. The van der Waals surface area contributed by atoms with Crippen LogP contribution in [-0.4, -0.2) is 38.8 Å². The molecule has 0 saturated carbocycles. The second-order valence-electron chi connectivity index (χ2n) is 7.86. The van der Waals surface area contributed by atoms with Crippen molar-refractivity contribution in [3.8, 4) is 11.4 Å². The van der Waals surface area contributed by atoms with Crippen LogP contribution in [0.15, 0.2) is 36.8 Å². The Bertz CT molecular complexity index is 809. The van der Waals surface area contributed by atoms with Gasteiger partial charge in [-0.2, -0.15) is 0 Å². The molecule has 0 N–H and O–H groups in total. The highest BCUT2D eigenvalue weighted by atomic mass is 16.2. The molecule has 5 nitrogen and oxygen atoms in total. The molecule has 0 bridgehead atoms. The zero-order valence-corrected chi connectivity index (χ0v) is 17.1. The summed E-state index contributed by atoms with van der Waals surface area (Å²) >= 11 is 0. The smallest absolute Gasteiger partial charge is 0.222 e. The van der Waals surface area contributed by atoms with Crippen LogP contribution in [0, 0.1) is 5.92 Å². The topological polar surface area (TPSA) is 59.0 Å². The Morgan fingerprint density at radius 3 is 2.71 bits per heavy atom. The minimum atomic E-state index is 0.291. The summed E-state index contributed by atoms with van der Waals surface area (Å²) < 4.78 is 0. The molecule has 0 aromatic carbocycles. The number of carbonyl (C=O) groups excluding carboxylic acids is 1. The van der Waals surface area contributed by atoms with E-state index >= 15 is 0 Å². The fraction of sp³-hybridized carbons (Fsp3) is 0.478. The maximum Gasteiger partial charge on any atom is 0.222 e. The number of rotatable bonds is 6. The fourth-order valence-corrected chi connectivity index (χ4v) is 3.65. The molecule has 5 heteroatoms. The molecular formula is C23H30N4O. The van der Waals surface area contributed by atoms with Crippen LogP contribution in [0.1, 0.15) is 63.6 Å². The molecule has 1 aliphatic heterocycles. The third-order valence-corrected chi connectivity index (χ3v) is 5.28. The summed E-state index contributed by atoms with van der Waals surface area (Å²) in [7, 11) is 0. The third kappa shape index (κ3) is 5.03. The lowest BCUT2D eigenvalue weighted by atomic mass is 9.90. The maximum atomic E-state index is 12.4. The van der Waals surface area contributed by atoms with E-state index in [1.165, 1.54) is 0 Å². The van der Waals surface area contributed by atoms with Gasteiger partial charge in [-0.1, -0.05) is 26.0 Å². The van der Waals surface area contributed by atoms with Gasteiger partial charge in [0.2, 0.25) is 5.91 Å². The highest BCUT2D eigenvalue weighted by molar-refractivity contribution is 5.76. The quantitative estimate of drug-likeness (QED) is 0.730. The molecule has 1 amide bonds. The molecule has 1 fully saturated rings. The van der Waals surface area contributed by atoms with Crippen molar-refractivity contribution in [2.45, 2.75) is 52.4 Å². The van der Waals surface area contributed by atoms with Crippen LogP contribution in [0.25, 0.3) is 17.5 Å². The fourth-order valence-electron chi connectivity index (χ4n) is 3.65. The molecule has 0 spiro atoms. The number of pyridine rings is 1. The molecule has 1 aliphatic rings. The lowest BCUT2D eigenvalue weighted by Gasteiger charge is -2.32. The predicted molar refractivity (Wildman–Crippen MR) is 113 cm³/mol. The lowest BCUT2D eigenvalue weighted by molar-refractivity contribution is -0.132. The Morgan fingerprint density at radius 1 is 1.29 bits per heavy atom. The van der Waals surface area contributed by atoms with Crippen molar-refractivity contribution in [3.05, 3.63) is 48.1 Å². The number of carbonyl (C=O) groups is 1. The van der Waals surface area contributed by atoms with Crippen LogP contribution in [0.5, 0.6) is 0 Å². The minimum absolute atomic E-state index is 0.291. The van der Waals surface area contributed by atoms with Crippen molar-refractivity contribution in [1.29, 1.82) is 0 Å². The van der Waals surface area contributed by atoms with Crippen molar-refractivity contribution in [1.82, 2.24) is 19.9 Å². The Balaban J connectivity index is 1.75. The normalized spacial score (nSPS) is 15.5. The monoisotopic (exact) mass is 378 g/mol. The van der Waals surface area contributed by atoms with Gasteiger partial charge in [0.15, 0.2) is 5.82 Å². The Kier molecular flexibility index (Phi) is 6.90. The van der Waals surface area contributed by atoms with Gasteiger partial charge < -0.3 is 4.90 Å². The molecule has 28 heavy (non-hydrogen) atoms. The van der Waals surface area contributed by atoms with E-state index < -0.39 is 0 Å². The van der Waals surface area contributed by atoms with Gasteiger partial charge in [0.1, 0.15) is 0 Å². The van der Waals surface area contributed by atoms with Gasteiger partial charge in [-0.3, -0.25) is 9.78 Å². The van der Waals surface area contributed by atoms with Crippen molar-refractivity contribution in [2.24, 2.45) is 5.92 Å². The molecule has 148 valence electrons. The molecule has 0 radical (unpaired) electrons. The predicted octanol–water partition coefficient (Wildman–Crippen LogP) is 4.71. The zero-order valence-electron chi connectivity index (χ0n) is 17.1. The number of aromatic nitrogens is 3. The van der Waals surface area contributed by atoms with Gasteiger partial charge in [-0.15, -0.1) is 0 Å². The highest BCUT2D eigenvalue weighted by Crippen LogP contribution is 2.31. The summed E-state index contributed by atoms with van der Waals surface area (Å²) in [5, 5.41) is 0. The second-order valence-corrected chi connectivity index (χ2v) is 7.86. The Labute approximate surface area is 167 Å². The van der Waals surface area contributed by atoms with Crippen LogP contribution in [0.4, 0.5) is 0 Å². The molecule has 0 aliphatic carbocycles. The summed E-state index contributed by atoms with van der Waals surface area (Å²) in [4.78, 5) is 28.1. The largest absolute Gasteiger partial charge is 0.343 e. The van der Waals surface area contributed by atoms with E-state index in [1.54, 1.807) is 12.4 Å². The Hall–Kier alpha value is -2.56. The lowest BCUT2D eigenvalue weighted by Crippen LogP contribution is -2.38. The highest BCUT2D eigenvalue weighted by Gasteiger charge is 2.26. The number of likely N-dealkylation sites (tertiary alicyclic amines) is 1. The average Bonchev–Trinajstić information content (AvgIpc) is 2.73. The van der Waals surface area contributed by atoms with E-state index in [-0.39, 0.29) is 0 Å². The first-order valence-corrected chi connectivity index (χ1v) is 10.3. The summed E-state index contributed by atoms with van der Waals surface area (Å²) in [5.74, 6) is 1.92. The van der Waals surface area contributed by atoms with Crippen LogP contribution in [0.3, 0.4) is 0 Å². The molecule has 2 aromatic heterocycles. The van der Waals surface area contributed by atoms with Crippen molar-refractivity contribution in [2.75, 3.05) is 13.1 Å². The van der Waals surface area contributed by atoms with Gasteiger partial charge >= 0.3 is 0 Å². The number of hydrogen-bond acceptors (Lipinski definition) is 4. The van der Waals surface area contributed by atoms with E-state index in [4.69, 9.17) is 4.98 Å². The first kappa shape index (κ1) is 20.2. The summed E-state index contributed by atoms with van der Waals surface area (Å²) in [6.45, 7) is 7.95. The van der Waals surface area contributed by atoms with Gasteiger partial charge in [-0.25, -0.2) is 9.97 Å². The number of hydrogen-bond donors (Lipinski definition) is 0. The third-order valence-electron chi connectivity index (χ3n) is 5.28. The molecule has 3 heterocycles. The second kappa shape index (κ2) is 9.58. The standard InChI is InChI=1S/C23H30N4O/c1-4-6-19-16-25-23(20-7-5-12-24-15-20)26-22(19)18-10-13-27(14-11-18)21(28)9-8-17(2)3/h4-7,12,15-18H,8-11,13-14H2,1-3H3/b6-4+. The van der Waals surface area contributed by atoms with E-state index in [2.05, 4.69) is 29.9 Å². The maximum absolute atomic E-state index is 12.4. The van der Waals surface area contributed by atoms with E-state index in [1.807, 2.05) is 36.2 Å². The number of amides is 1. The van der Waals surface area contributed by atoms with Gasteiger partial charge in [0.05, 0.1) is 5.69 Å². The van der Waals surface area contributed by atoms with Crippen molar-refractivity contribution in [3.63, 3.8) is 0 Å². The molecule has 3 rings (SSSR count). The molecule has 0 atom stereocenters. The van der Waals surface area contributed by atoms with Crippen molar-refractivity contribution >= 4 is 12.0 Å². The number of allylic oxidation sites excluding steroid dienone is 1. The SMILES string of the molecule is C/C=C/c1cnc(-c2cccnc2)nc1C1CCN(C(=O)CCC(C)C)CC1. The van der Waals surface area contributed by atoms with Gasteiger partial charge in [-0.05, 0) is 44.2 Å². The summed E-state index contributed by atoms with van der Waals surface area (Å²) in [5.41, 5.74) is 3.08. The van der Waals surface area contributed by atoms with Crippen LogP contribution in [0.2, 0.25) is 0 Å². The first-order chi connectivity index (χ1) is 13.6. The number of piperidine rings is 1. The van der Waals surface area contributed by atoms with Gasteiger partial charge in [0, 0.05) is 55.1 Å². The molecule has 1 saturated heterocycles. The minimum Gasteiger partial charge on any atom is -0.343 e. The van der Waals surface area contributed by atoms with Crippen molar-refractivity contribution < 1.29 is 4.79 Å². The van der Waals surface area contributed by atoms with Crippen LogP contribution in [-0.2, 0) is 4.79 Å². The molecular weight excluding hydrogens is 348 g/mol. The first-order valence-electron chi connectivity index (χ1n) is 10.3. The average molecular weight is 379 g/mol. The molecule has 0 unspecified atom stereocenters. The summed E-state index contributed by atoms with van der Waals surface area (Å²) in [6, 6.07) is 3.89. The van der Waals surface area contributed by atoms with Gasteiger partial charge in [0.25, 0.3) is 0 Å². The van der Waals surface area contributed by atoms with E-state index in [0.29, 0.717) is 30.0 Å². The van der Waals surface area contributed by atoms with Crippen LogP contribution < -0.4 is 0 Å². The van der Waals surface area contributed by atoms with E-state index in [0.717, 1.165) is 49.2 Å². The summed E-state index contributed by atoms with van der Waals surface area (Å²) in [6.07, 6.45) is 13.1. The number of nitrogens with zero attached hydrogens (tertiary/aromatic N) is 4.